The minimum Gasteiger partial charge on any atom is -0.489 e. The Kier molecular flexibility index (Phi) is 4.22. The van der Waals surface area contributed by atoms with Crippen molar-refractivity contribution in [2.24, 2.45) is 0 Å². The fourth-order valence-electron chi connectivity index (χ4n) is 2.51. The Morgan fingerprint density at radius 3 is 2.55 bits per heavy atom. The summed E-state index contributed by atoms with van der Waals surface area (Å²) >= 11 is 0. The lowest BCUT2D eigenvalue weighted by molar-refractivity contribution is 0.353. The monoisotopic (exact) mass is 271 g/mol. The fourth-order valence-corrected chi connectivity index (χ4v) is 2.51. The highest BCUT2D eigenvalue weighted by atomic mass is 16.5. The zero-order valence-electron chi connectivity index (χ0n) is 13.0. The van der Waals surface area contributed by atoms with Crippen LogP contribution in [0.4, 0.5) is 5.69 Å². The summed E-state index contributed by atoms with van der Waals surface area (Å²) in [6.45, 7) is 9.29. The second-order valence-corrected chi connectivity index (χ2v) is 6.48. The summed E-state index contributed by atoms with van der Waals surface area (Å²) in [4.78, 5) is 0. The summed E-state index contributed by atoms with van der Waals surface area (Å²) in [5, 5.41) is 0. The van der Waals surface area contributed by atoms with Crippen molar-refractivity contribution in [3.8, 4) is 5.75 Å². The summed E-state index contributed by atoms with van der Waals surface area (Å²) in [5.74, 6) is 0.859. The molecule has 0 spiro atoms. The van der Waals surface area contributed by atoms with Crippen LogP contribution >= 0.6 is 0 Å². The number of benzene rings is 1. The molecule has 0 saturated heterocycles. The molecule has 0 saturated carbocycles. The lowest BCUT2D eigenvalue weighted by atomic mass is 9.83. The minimum atomic E-state index is 0.0710. The van der Waals surface area contributed by atoms with Crippen LogP contribution in [0.25, 0.3) is 0 Å². The second-order valence-electron chi connectivity index (χ2n) is 6.48. The van der Waals surface area contributed by atoms with E-state index in [1.165, 1.54) is 11.1 Å². The van der Waals surface area contributed by atoms with Gasteiger partial charge in [-0.2, -0.15) is 0 Å². The van der Waals surface area contributed by atoms with E-state index in [1.807, 2.05) is 6.07 Å². The number of anilines is 1. The van der Waals surface area contributed by atoms with Crippen molar-refractivity contribution in [2.75, 3.05) is 12.3 Å². The lowest BCUT2D eigenvalue weighted by Gasteiger charge is -2.24. The number of nitrogens with two attached hydrogens (primary N) is 1. The van der Waals surface area contributed by atoms with Crippen molar-refractivity contribution in [1.29, 1.82) is 0 Å². The largest absolute Gasteiger partial charge is 0.489 e. The molecule has 20 heavy (non-hydrogen) atoms. The normalized spacial score (nSPS) is 15.1. The third-order valence-electron chi connectivity index (χ3n) is 3.71. The molecule has 0 amide bonds. The lowest BCUT2D eigenvalue weighted by Crippen LogP contribution is -2.15. The fraction of sp³-hybridized carbons (Fsp3) is 0.444. The number of hydrogen-bond donors (Lipinski definition) is 1. The van der Waals surface area contributed by atoms with Gasteiger partial charge in [0, 0.05) is 11.8 Å². The maximum atomic E-state index is 6.12. The number of allylic oxidation sites excluding steroid dienone is 2. The molecule has 0 radical (unpaired) electrons. The van der Waals surface area contributed by atoms with E-state index in [0.29, 0.717) is 6.61 Å². The zero-order valence-corrected chi connectivity index (χ0v) is 13.0. The van der Waals surface area contributed by atoms with Gasteiger partial charge in [0.15, 0.2) is 0 Å². The molecule has 2 nitrogen and oxygen atoms in total. The standard InChI is InChI=1S/C18H25NO/c1-13-16(18(2,3)4)10-15(11-17(13)19)20-12-14-8-6-5-7-9-14/h6,8-11H,5,7,12,19H2,1-4H3. The molecular weight excluding hydrogens is 246 g/mol. The third kappa shape index (κ3) is 3.44. The van der Waals surface area contributed by atoms with Gasteiger partial charge in [0.2, 0.25) is 0 Å². The van der Waals surface area contributed by atoms with E-state index in [2.05, 4.69) is 52.0 Å². The predicted molar refractivity (Wildman–Crippen MR) is 86.2 cm³/mol. The van der Waals surface area contributed by atoms with Gasteiger partial charge in [0.05, 0.1) is 0 Å². The molecule has 2 heteroatoms. The highest BCUT2D eigenvalue weighted by Crippen LogP contribution is 2.33. The summed E-state index contributed by atoms with van der Waals surface area (Å²) in [7, 11) is 0. The van der Waals surface area contributed by atoms with E-state index in [0.717, 1.165) is 29.8 Å². The van der Waals surface area contributed by atoms with Gasteiger partial charge in [-0.05, 0) is 47.9 Å². The quantitative estimate of drug-likeness (QED) is 0.820. The van der Waals surface area contributed by atoms with Gasteiger partial charge in [-0.3, -0.25) is 0 Å². The Balaban J connectivity index is 2.18. The SMILES string of the molecule is Cc1c(N)cc(OCC2=CCCC=C2)cc1C(C)(C)C. The number of ether oxygens (including phenoxy) is 1. The maximum Gasteiger partial charge on any atom is 0.122 e. The highest BCUT2D eigenvalue weighted by Gasteiger charge is 2.19. The smallest absolute Gasteiger partial charge is 0.122 e. The summed E-state index contributed by atoms with van der Waals surface area (Å²) in [6.07, 6.45) is 8.82. The maximum absolute atomic E-state index is 6.12. The molecule has 2 rings (SSSR count). The van der Waals surface area contributed by atoms with Crippen LogP contribution < -0.4 is 10.5 Å². The summed E-state index contributed by atoms with van der Waals surface area (Å²) in [6, 6.07) is 4.05. The van der Waals surface area contributed by atoms with Crippen LogP contribution in [0.3, 0.4) is 0 Å². The van der Waals surface area contributed by atoms with Gasteiger partial charge in [-0.25, -0.2) is 0 Å². The molecule has 0 atom stereocenters. The van der Waals surface area contributed by atoms with Crippen LogP contribution in [0.2, 0.25) is 0 Å². The van der Waals surface area contributed by atoms with Crippen LogP contribution in [0.5, 0.6) is 5.75 Å². The molecule has 1 aliphatic carbocycles. The highest BCUT2D eigenvalue weighted by molar-refractivity contribution is 5.56. The zero-order chi connectivity index (χ0) is 14.8. The van der Waals surface area contributed by atoms with Crippen LogP contribution in [-0.4, -0.2) is 6.61 Å². The van der Waals surface area contributed by atoms with Crippen LogP contribution in [0.15, 0.2) is 35.9 Å². The van der Waals surface area contributed by atoms with Gasteiger partial charge in [-0.1, -0.05) is 39.0 Å². The Morgan fingerprint density at radius 2 is 1.95 bits per heavy atom. The Labute approximate surface area is 122 Å². The topological polar surface area (TPSA) is 35.2 Å². The molecule has 0 fully saturated rings. The molecule has 108 valence electrons. The Hall–Kier alpha value is -1.70. The first kappa shape index (κ1) is 14.7. The molecule has 1 aromatic rings. The Bertz CT molecular complexity index is 547. The molecular formula is C18H25NO. The van der Waals surface area contributed by atoms with Crippen LogP contribution in [0.1, 0.15) is 44.7 Å². The van der Waals surface area contributed by atoms with Crippen molar-refractivity contribution in [1.82, 2.24) is 0 Å². The number of hydrogen-bond acceptors (Lipinski definition) is 2. The minimum absolute atomic E-state index is 0.0710. The molecule has 0 aliphatic heterocycles. The first-order chi connectivity index (χ1) is 9.38. The van der Waals surface area contributed by atoms with E-state index >= 15 is 0 Å². The van der Waals surface area contributed by atoms with E-state index in [1.54, 1.807) is 0 Å². The van der Waals surface area contributed by atoms with E-state index in [4.69, 9.17) is 10.5 Å². The van der Waals surface area contributed by atoms with Gasteiger partial charge in [-0.15, -0.1) is 0 Å². The third-order valence-corrected chi connectivity index (χ3v) is 3.71. The second kappa shape index (κ2) is 5.74. The molecule has 0 heterocycles. The molecule has 0 bridgehead atoms. The average molecular weight is 271 g/mol. The van der Waals surface area contributed by atoms with E-state index in [9.17, 15) is 0 Å². The van der Waals surface area contributed by atoms with Crippen molar-refractivity contribution in [3.05, 3.63) is 47.1 Å². The number of rotatable bonds is 3. The van der Waals surface area contributed by atoms with Crippen molar-refractivity contribution >= 4 is 5.69 Å². The van der Waals surface area contributed by atoms with Gasteiger partial charge in [0.1, 0.15) is 12.4 Å². The first-order valence-corrected chi connectivity index (χ1v) is 7.27. The van der Waals surface area contributed by atoms with E-state index in [-0.39, 0.29) is 5.41 Å². The van der Waals surface area contributed by atoms with Gasteiger partial charge >= 0.3 is 0 Å². The Morgan fingerprint density at radius 1 is 1.20 bits per heavy atom. The summed E-state index contributed by atoms with van der Waals surface area (Å²) < 4.78 is 5.92. The predicted octanol–water partition coefficient (Wildman–Crippen LogP) is 4.53. The van der Waals surface area contributed by atoms with Gasteiger partial charge in [0.25, 0.3) is 0 Å². The van der Waals surface area contributed by atoms with Gasteiger partial charge < -0.3 is 10.5 Å². The average Bonchev–Trinajstić information content (AvgIpc) is 2.40. The summed E-state index contributed by atoms with van der Waals surface area (Å²) in [5.41, 5.74) is 10.6. The molecule has 0 aromatic heterocycles. The van der Waals surface area contributed by atoms with Crippen LogP contribution in [-0.2, 0) is 5.41 Å². The molecule has 1 aromatic carbocycles. The number of nitrogen functional groups attached to an aromatic ring is 1. The molecule has 2 N–H and O–H groups in total. The van der Waals surface area contributed by atoms with Crippen molar-refractivity contribution < 1.29 is 4.74 Å². The molecule has 1 aliphatic rings. The van der Waals surface area contributed by atoms with E-state index < -0.39 is 0 Å². The van der Waals surface area contributed by atoms with Crippen molar-refractivity contribution in [3.63, 3.8) is 0 Å². The first-order valence-electron chi connectivity index (χ1n) is 7.27. The molecule has 0 unspecified atom stereocenters. The van der Waals surface area contributed by atoms with Crippen LogP contribution in [0, 0.1) is 6.92 Å². The van der Waals surface area contributed by atoms with Crippen molar-refractivity contribution in [2.45, 2.75) is 46.0 Å².